The molecule has 2 heterocycles. The van der Waals surface area contributed by atoms with E-state index in [2.05, 4.69) is 10.1 Å². The molecule has 0 aromatic carbocycles. The zero-order valence-electron chi connectivity index (χ0n) is 10.3. The normalized spacial score (nSPS) is 10.3. The Labute approximate surface area is 104 Å². The zero-order chi connectivity index (χ0) is 13.1. The fraction of sp³-hybridized carbons (Fsp3) is 0.250. The summed E-state index contributed by atoms with van der Waals surface area (Å²) >= 11 is 0. The minimum absolute atomic E-state index is 0.297. The van der Waals surface area contributed by atoms with Gasteiger partial charge in [-0.3, -0.25) is 0 Å². The topological polar surface area (TPSA) is 83.0 Å². The van der Waals surface area contributed by atoms with E-state index in [0.29, 0.717) is 23.7 Å². The molecular formula is C12H14N4O2. The van der Waals surface area contributed by atoms with E-state index in [9.17, 15) is 4.79 Å². The number of pyridine rings is 1. The lowest BCUT2D eigenvalue weighted by atomic mass is 10.2. The van der Waals surface area contributed by atoms with Crippen LogP contribution in [-0.2, 0) is 4.74 Å². The molecule has 6 nitrogen and oxygen atoms in total. The molecule has 94 valence electrons. The van der Waals surface area contributed by atoms with Crippen molar-refractivity contribution in [2.24, 2.45) is 0 Å². The second-order valence-electron chi connectivity index (χ2n) is 3.76. The first-order valence-electron chi connectivity index (χ1n) is 5.57. The molecule has 0 aliphatic heterocycles. The van der Waals surface area contributed by atoms with Gasteiger partial charge in [-0.05, 0) is 26.0 Å². The molecule has 2 N–H and O–H groups in total. The Bertz CT molecular complexity index is 577. The molecule has 0 aliphatic rings. The summed E-state index contributed by atoms with van der Waals surface area (Å²) in [5.41, 5.74) is 7.19. The highest BCUT2D eigenvalue weighted by Gasteiger charge is 2.16. The first-order chi connectivity index (χ1) is 8.61. The maximum absolute atomic E-state index is 11.8. The van der Waals surface area contributed by atoms with E-state index < -0.39 is 5.97 Å². The zero-order valence-corrected chi connectivity index (χ0v) is 10.3. The van der Waals surface area contributed by atoms with E-state index in [1.165, 1.54) is 16.9 Å². The van der Waals surface area contributed by atoms with Crippen molar-refractivity contribution >= 4 is 11.7 Å². The molecule has 6 heteroatoms. The Morgan fingerprint density at radius 1 is 1.56 bits per heavy atom. The second kappa shape index (κ2) is 4.87. The lowest BCUT2D eigenvalue weighted by Crippen LogP contribution is -2.12. The molecule has 0 spiro atoms. The van der Waals surface area contributed by atoms with Gasteiger partial charge in [-0.1, -0.05) is 0 Å². The molecule has 2 aromatic rings. The number of hydrogen-bond donors (Lipinski definition) is 1. The van der Waals surface area contributed by atoms with Crippen LogP contribution in [0.1, 0.15) is 23.0 Å². The summed E-state index contributed by atoms with van der Waals surface area (Å²) in [5.74, 6) is -0.0452. The Kier molecular flexibility index (Phi) is 3.27. The van der Waals surface area contributed by atoms with Crippen molar-refractivity contribution in [2.75, 3.05) is 12.3 Å². The van der Waals surface area contributed by atoms with E-state index >= 15 is 0 Å². The number of aryl methyl sites for hydroxylation is 1. The van der Waals surface area contributed by atoms with Crippen LogP contribution >= 0.6 is 0 Å². The number of ether oxygens (including phenoxy) is 1. The van der Waals surface area contributed by atoms with E-state index in [1.807, 2.05) is 13.0 Å². The average Bonchev–Trinajstić information content (AvgIpc) is 2.76. The first-order valence-corrected chi connectivity index (χ1v) is 5.57. The van der Waals surface area contributed by atoms with Crippen molar-refractivity contribution in [3.8, 4) is 5.82 Å². The Hall–Kier alpha value is -2.37. The number of aromatic nitrogens is 3. The number of rotatable bonds is 3. The predicted octanol–water partition coefficient (Wildman–Crippen LogP) is 1.33. The Balaban J connectivity index is 2.50. The molecule has 2 aromatic heterocycles. The molecule has 2 rings (SSSR count). The minimum Gasteiger partial charge on any atom is -0.462 e. The second-order valence-corrected chi connectivity index (χ2v) is 3.76. The molecule has 0 aliphatic carbocycles. The fourth-order valence-electron chi connectivity index (χ4n) is 1.55. The van der Waals surface area contributed by atoms with Crippen molar-refractivity contribution in [3.63, 3.8) is 0 Å². The van der Waals surface area contributed by atoms with Crippen molar-refractivity contribution in [2.45, 2.75) is 13.8 Å². The highest BCUT2D eigenvalue weighted by molar-refractivity contribution is 5.93. The molecule has 0 radical (unpaired) electrons. The van der Waals surface area contributed by atoms with Crippen molar-refractivity contribution < 1.29 is 9.53 Å². The van der Waals surface area contributed by atoms with Gasteiger partial charge in [-0.25, -0.2) is 14.5 Å². The maximum atomic E-state index is 11.8. The summed E-state index contributed by atoms with van der Waals surface area (Å²) in [7, 11) is 0. The van der Waals surface area contributed by atoms with E-state index in [0.717, 1.165) is 5.69 Å². The molecule has 0 unspecified atom stereocenters. The highest BCUT2D eigenvalue weighted by atomic mass is 16.5. The third kappa shape index (κ3) is 2.32. The van der Waals surface area contributed by atoms with Gasteiger partial charge in [0.05, 0.1) is 24.2 Å². The van der Waals surface area contributed by atoms with Crippen LogP contribution in [0.3, 0.4) is 0 Å². The van der Waals surface area contributed by atoms with Gasteiger partial charge in [0.2, 0.25) is 0 Å². The third-order valence-electron chi connectivity index (χ3n) is 2.32. The van der Waals surface area contributed by atoms with Gasteiger partial charge in [0.15, 0.2) is 5.82 Å². The quantitative estimate of drug-likeness (QED) is 0.826. The standard InChI is InChI=1S/C12H14N4O2/c1-3-18-12(17)10-6-9(13)7-14-11(10)16-5-4-8(2)15-16/h4-7H,3,13H2,1-2H3. The van der Waals surface area contributed by atoms with E-state index in [-0.39, 0.29) is 0 Å². The van der Waals surface area contributed by atoms with Crippen LogP contribution in [0.15, 0.2) is 24.5 Å². The Morgan fingerprint density at radius 2 is 2.33 bits per heavy atom. The third-order valence-corrected chi connectivity index (χ3v) is 2.32. The lowest BCUT2D eigenvalue weighted by molar-refractivity contribution is 0.0526. The maximum Gasteiger partial charge on any atom is 0.342 e. The molecule has 0 amide bonds. The van der Waals surface area contributed by atoms with Gasteiger partial charge in [0, 0.05) is 6.20 Å². The first kappa shape index (κ1) is 12.1. The molecule has 18 heavy (non-hydrogen) atoms. The smallest absolute Gasteiger partial charge is 0.342 e. The summed E-state index contributed by atoms with van der Waals surface area (Å²) in [5, 5.41) is 4.22. The largest absolute Gasteiger partial charge is 0.462 e. The average molecular weight is 246 g/mol. The number of anilines is 1. The lowest BCUT2D eigenvalue weighted by Gasteiger charge is -2.08. The van der Waals surface area contributed by atoms with Crippen LogP contribution in [0.25, 0.3) is 5.82 Å². The van der Waals surface area contributed by atoms with Crippen LogP contribution < -0.4 is 5.73 Å². The SMILES string of the molecule is CCOC(=O)c1cc(N)cnc1-n1ccc(C)n1. The van der Waals surface area contributed by atoms with Gasteiger partial charge in [-0.15, -0.1) is 0 Å². The number of nitrogens with two attached hydrogens (primary N) is 1. The summed E-state index contributed by atoms with van der Waals surface area (Å²) in [4.78, 5) is 16.0. The number of carbonyl (C=O) groups is 1. The molecule has 0 atom stereocenters. The van der Waals surface area contributed by atoms with Gasteiger partial charge in [-0.2, -0.15) is 5.10 Å². The van der Waals surface area contributed by atoms with Gasteiger partial charge in [0.1, 0.15) is 5.56 Å². The van der Waals surface area contributed by atoms with Gasteiger partial charge in [0.25, 0.3) is 0 Å². The molecule has 0 saturated heterocycles. The van der Waals surface area contributed by atoms with Crippen LogP contribution in [-0.4, -0.2) is 27.3 Å². The minimum atomic E-state index is -0.458. The number of nitrogens with zero attached hydrogens (tertiary/aromatic N) is 3. The molecule has 0 fully saturated rings. The molecule has 0 bridgehead atoms. The summed E-state index contributed by atoms with van der Waals surface area (Å²) < 4.78 is 6.51. The van der Waals surface area contributed by atoms with Crippen LogP contribution in [0, 0.1) is 6.92 Å². The summed E-state index contributed by atoms with van der Waals surface area (Å²) in [6.07, 6.45) is 3.21. The van der Waals surface area contributed by atoms with Crippen LogP contribution in [0.2, 0.25) is 0 Å². The van der Waals surface area contributed by atoms with Crippen molar-refractivity contribution in [1.82, 2.24) is 14.8 Å². The van der Waals surface area contributed by atoms with Crippen LogP contribution in [0.5, 0.6) is 0 Å². The fourth-order valence-corrected chi connectivity index (χ4v) is 1.55. The number of esters is 1. The van der Waals surface area contributed by atoms with Crippen molar-refractivity contribution in [3.05, 3.63) is 35.8 Å². The number of carbonyl (C=O) groups excluding carboxylic acids is 1. The van der Waals surface area contributed by atoms with Gasteiger partial charge < -0.3 is 10.5 Å². The highest BCUT2D eigenvalue weighted by Crippen LogP contribution is 2.16. The van der Waals surface area contributed by atoms with Crippen molar-refractivity contribution in [1.29, 1.82) is 0 Å². The molecule has 0 saturated carbocycles. The summed E-state index contributed by atoms with van der Waals surface area (Å²) in [6, 6.07) is 3.37. The predicted molar refractivity (Wildman–Crippen MR) is 66.5 cm³/mol. The summed E-state index contributed by atoms with van der Waals surface area (Å²) in [6.45, 7) is 3.90. The number of hydrogen-bond acceptors (Lipinski definition) is 5. The van der Waals surface area contributed by atoms with Gasteiger partial charge >= 0.3 is 5.97 Å². The Morgan fingerprint density at radius 3 is 2.94 bits per heavy atom. The van der Waals surface area contributed by atoms with E-state index in [4.69, 9.17) is 10.5 Å². The van der Waals surface area contributed by atoms with E-state index in [1.54, 1.807) is 13.1 Å². The molecular weight excluding hydrogens is 232 g/mol. The van der Waals surface area contributed by atoms with Crippen LogP contribution in [0.4, 0.5) is 5.69 Å². The number of nitrogen functional groups attached to an aromatic ring is 1. The monoisotopic (exact) mass is 246 g/mol.